The smallest absolute Gasteiger partial charge is 0.249 e. The zero-order valence-corrected chi connectivity index (χ0v) is 8.58. The molecule has 2 unspecified atom stereocenters. The molecule has 0 saturated heterocycles. The van der Waals surface area contributed by atoms with E-state index in [-0.39, 0.29) is 11.8 Å². The molecule has 1 aliphatic rings. The zero-order valence-electron chi connectivity index (χ0n) is 8.58. The number of rotatable bonds is 3. The number of amides is 1. The molecular formula is C10H19NO2. The molecule has 3 nitrogen and oxygen atoms in total. The molecule has 0 radical (unpaired) electrons. The molecule has 0 bridgehead atoms. The average Bonchev–Trinajstić information content (AvgIpc) is 2.09. The number of nitrogens with one attached hydrogen (secondary N) is 1. The number of aliphatic hydroxyl groups excluding tert-OH is 1. The maximum Gasteiger partial charge on any atom is 0.249 e. The van der Waals surface area contributed by atoms with Crippen molar-refractivity contribution < 1.29 is 9.90 Å². The number of hydrogen-bond donors (Lipinski definition) is 2. The molecule has 2 N–H and O–H groups in total. The van der Waals surface area contributed by atoms with Crippen molar-refractivity contribution in [1.82, 2.24) is 5.32 Å². The fraction of sp³-hybridized carbons (Fsp3) is 0.900. The highest BCUT2D eigenvalue weighted by molar-refractivity contribution is 5.81. The van der Waals surface area contributed by atoms with Crippen LogP contribution in [0.1, 0.15) is 33.6 Å². The van der Waals surface area contributed by atoms with Gasteiger partial charge in [0.25, 0.3) is 0 Å². The molecule has 1 fully saturated rings. The van der Waals surface area contributed by atoms with E-state index < -0.39 is 6.10 Å². The fourth-order valence-electron chi connectivity index (χ4n) is 1.45. The predicted octanol–water partition coefficient (Wildman–Crippen LogP) is 0.918. The molecule has 0 aromatic carbocycles. The van der Waals surface area contributed by atoms with Gasteiger partial charge < -0.3 is 10.4 Å². The first kappa shape index (κ1) is 10.5. The van der Waals surface area contributed by atoms with Crippen LogP contribution in [-0.2, 0) is 4.79 Å². The first-order valence-electron chi connectivity index (χ1n) is 5.00. The molecular weight excluding hydrogens is 166 g/mol. The lowest BCUT2D eigenvalue weighted by atomic mass is 9.81. The number of aliphatic hydroxyl groups is 1. The van der Waals surface area contributed by atoms with Gasteiger partial charge in [0.15, 0.2) is 0 Å². The minimum atomic E-state index is -0.854. The Kier molecular flexibility index (Phi) is 3.31. The van der Waals surface area contributed by atoms with Crippen molar-refractivity contribution in [3.05, 3.63) is 0 Å². The Balaban J connectivity index is 2.32. The van der Waals surface area contributed by atoms with Crippen LogP contribution in [0.4, 0.5) is 0 Å². The third-order valence-corrected chi connectivity index (χ3v) is 2.85. The Labute approximate surface area is 79.5 Å². The Hall–Kier alpha value is -0.570. The van der Waals surface area contributed by atoms with E-state index in [0.717, 1.165) is 6.42 Å². The standard InChI is InChI=1S/C10H19NO2/c1-6(2)9(12)10(13)11-8-5-4-7(8)3/h6-9,12H,4-5H2,1-3H3,(H,11,13)/t7?,8?,9-/m0/s1. The highest BCUT2D eigenvalue weighted by Crippen LogP contribution is 2.26. The minimum absolute atomic E-state index is 0.00428. The lowest BCUT2D eigenvalue weighted by Crippen LogP contribution is -2.50. The summed E-state index contributed by atoms with van der Waals surface area (Å²) in [5.74, 6) is 0.352. The van der Waals surface area contributed by atoms with E-state index in [1.807, 2.05) is 13.8 Å². The lowest BCUT2D eigenvalue weighted by molar-refractivity contribution is -0.133. The maximum atomic E-state index is 11.4. The van der Waals surface area contributed by atoms with Crippen LogP contribution in [0.25, 0.3) is 0 Å². The van der Waals surface area contributed by atoms with Crippen LogP contribution in [0.5, 0.6) is 0 Å². The molecule has 0 heterocycles. The lowest BCUT2D eigenvalue weighted by Gasteiger charge is -2.35. The van der Waals surface area contributed by atoms with Crippen LogP contribution in [0.15, 0.2) is 0 Å². The molecule has 3 heteroatoms. The molecule has 13 heavy (non-hydrogen) atoms. The van der Waals surface area contributed by atoms with Crippen LogP contribution in [0.3, 0.4) is 0 Å². The molecule has 1 saturated carbocycles. The van der Waals surface area contributed by atoms with E-state index in [4.69, 9.17) is 0 Å². The summed E-state index contributed by atoms with van der Waals surface area (Å²) in [6.07, 6.45) is 1.38. The summed E-state index contributed by atoms with van der Waals surface area (Å²) in [6.45, 7) is 5.80. The SMILES string of the molecule is CC1CCC1NC(=O)[C@@H](O)C(C)C. The van der Waals surface area contributed by atoms with Gasteiger partial charge in [0.05, 0.1) is 0 Å². The Morgan fingerprint density at radius 3 is 2.38 bits per heavy atom. The summed E-state index contributed by atoms with van der Waals surface area (Å²) < 4.78 is 0. The van der Waals surface area contributed by atoms with Crippen LogP contribution in [0, 0.1) is 11.8 Å². The summed E-state index contributed by atoms with van der Waals surface area (Å²) in [4.78, 5) is 11.4. The molecule has 1 rings (SSSR count). The average molecular weight is 185 g/mol. The van der Waals surface area contributed by atoms with Crippen LogP contribution < -0.4 is 5.32 Å². The van der Waals surface area contributed by atoms with Crippen LogP contribution >= 0.6 is 0 Å². The number of carbonyl (C=O) groups is 1. The molecule has 76 valence electrons. The largest absolute Gasteiger partial charge is 0.383 e. The molecule has 0 aliphatic heterocycles. The Morgan fingerprint density at radius 1 is 1.46 bits per heavy atom. The van der Waals surface area contributed by atoms with Gasteiger partial charge in [-0.15, -0.1) is 0 Å². The van der Waals surface area contributed by atoms with Crippen molar-refractivity contribution in [2.75, 3.05) is 0 Å². The van der Waals surface area contributed by atoms with Crippen molar-refractivity contribution in [1.29, 1.82) is 0 Å². The summed E-state index contributed by atoms with van der Waals surface area (Å²) in [5.41, 5.74) is 0. The summed E-state index contributed by atoms with van der Waals surface area (Å²) >= 11 is 0. The van der Waals surface area contributed by atoms with E-state index in [9.17, 15) is 9.90 Å². The second-order valence-corrected chi connectivity index (χ2v) is 4.36. The van der Waals surface area contributed by atoms with Gasteiger partial charge in [-0.1, -0.05) is 20.8 Å². The summed E-state index contributed by atoms with van der Waals surface area (Å²) in [7, 11) is 0. The van der Waals surface area contributed by atoms with Crippen molar-refractivity contribution in [2.45, 2.75) is 45.8 Å². The van der Waals surface area contributed by atoms with E-state index in [2.05, 4.69) is 12.2 Å². The van der Waals surface area contributed by atoms with Gasteiger partial charge in [0, 0.05) is 6.04 Å². The minimum Gasteiger partial charge on any atom is -0.383 e. The van der Waals surface area contributed by atoms with E-state index in [0.29, 0.717) is 12.0 Å². The molecule has 0 aromatic heterocycles. The second kappa shape index (κ2) is 4.09. The van der Waals surface area contributed by atoms with E-state index >= 15 is 0 Å². The fourth-order valence-corrected chi connectivity index (χ4v) is 1.45. The normalized spacial score (nSPS) is 29.6. The van der Waals surface area contributed by atoms with Crippen LogP contribution in [0.2, 0.25) is 0 Å². The van der Waals surface area contributed by atoms with E-state index in [1.165, 1.54) is 6.42 Å². The third-order valence-electron chi connectivity index (χ3n) is 2.85. The van der Waals surface area contributed by atoms with Crippen molar-refractivity contribution in [2.24, 2.45) is 11.8 Å². The molecule has 3 atom stereocenters. The van der Waals surface area contributed by atoms with Gasteiger partial charge in [0.2, 0.25) is 5.91 Å². The van der Waals surface area contributed by atoms with Crippen molar-refractivity contribution >= 4 is 5.91 Å². The third kappa shape index (κ3) is 2.44. The van der Waals surface area contributed by atoms with Gasteiger partial charge in [-0.25, -0.2) is 0 Å². The number of carbonyl (C=O) groups excluding carboxylic acids is 1. The zero-order chi connectivity index (χ0) is 10.0. The Bertz CT molecular complexity index is 191. The highest BCUT2D eigenvalue weighted by atomic mass is 16.3. The molecule has 1 aliphatic carbocycles. The van der Waals surface area contributed by atoms with E-state index in [1.54, 1.807) is 0 Å². The quantitative estimate of drug-likeness (QED) is 0.687. The van der Waals surface area contributed by atoms with Crippen molar-refractivity contribution in [3.63, 3.8) is 0 Å². The monoisotopic (exact) mass is 185 g/mol. The summed E-state index contributed by atoms with van der Waals surface area (Å²) in [6, 6.07) is 0.292. The molecule has 0 spiro atoms. The number of hydrogen-bond acceptors (Lipinski definition) is 2. The first-order chi connectivity index (χ1) is 6.02. The van der Waals surface area contributed by atoms with Gasteiger partial charge in [0.1, 0.15) is 6.10 Å². The topological polar surface area (TPSA) is 49.3 Å². The first-order valence-corrected chi connectivity index (χ1v) is 5.00. The molecule has 1 amide bonds. The van der Waals surface area contributed by atoms with Gasteiger partial charge in [-0.3, -0.25) is 4.79 Å². The highest BCUT2D eigenvalue weighted by Gasteiger charge is 2.30. The predicted molar refractivity (Wildman–Crippen MR) is 51.2 cm³/mol. The van der Waals surface area contributed by atoms with Crippen molar-refractivity contribution in [3.8, 4) is 0 Å². The van der Waals surface area contributed by atoms with Gasteiger partial charge >= 0.3 is 0 Å². The van der Waals surface area contributed by atoms with Crippen LogP contribution in [-0.4, -0.2) is 23.2 Å². The van der Waals surface area contributed by atoms with Gasteiger partial charge in [-0.2, -0.15) is 0 Å². The Morgan fingerprint density at radius 2 is 2.08 bits per heavy atom. The maximum absolute atomic E-state index is 11.4. The van der Waals surface area contributed by atoms with Gasteiger partial charge in [-0.05, 0) is 24.7 Å². The molecule has 0 aromatic rings. The second-order valence-electron chi connectivity index (χ2n) is 4.36. The summed E-state index contributed by atoms with van der Waals surface area (Å²) in [5, 5.41) is 12.3.